The summed E-state index contributed by atoms with van der Waals surface area (Å²) in [6, 6.07) is 2.59. The maximum Gasteiger partial charge on any atom is 0.243 e. The number of nitrogens with zero attached hydrogens (tertiary/aromatic N) is 2. The van der Waals surface area contributed by atoms with Crippen LogP contribution in [0.15, 0.2) is 23.1 Å². The third-order valence-corrected chi connectivity index (χ3v) is 7.20. The van der Waals surface area contributed by atoms with Crippen LogP contribution in [0.25, 0.3) is 0 Å². The smallest absolute Gasteiger partial charge is 0.243 e. The second-order valence-corrected chi connectivity index (χ2v) is 9.22. The van der Waals surface area contributed by atoms with Gasteiger partial charge in [-0.15, -0.1) is 0 Å². The molecule has 0 aliphatic carbocycles. The molecule has 0 N–H and O–H groups in total. The molecule has 0 saturated carbocycles. The van der Waals surface area contributed by atoms with Crippen LogP contribution < -0.4 is 0 Å². The molecule has 2 aliphatic rings. The van der Waals surface area contributed by atoms with Crippen LogP contribution in [0.2, 0.25) is 0 Å². The van der Waals surface area contributed by atoms with Crippen LogP contribution in [0, 0.1) is 23.5 Å². The summed E-state index contributed by atoms with van der Waals surface area (Å²) in [6.45, 7) is 4.10. The van der Waals surface area contributed by atoms with E-state index >= 15 is 0 Å². The van der Waals surface area contributed by atoms with E-state index in [2.05, 4.69) is 6.92 Å². The van der Waals surface area contributed by atoms with Gasteiger partial charge in [-0.25, -0.2) is 17.2 Å². The molecule has 2 saturated heterocycles. The van der Waals surface area contributed by atoms with Crippen LogP contribution in [0.1, 0.15) is 32.6 Å². The zero-order valence-corrected chi connectivity index (χ0v) is 15.6. The van der Waals surface area contributed by atoms with E-state index in [4.69, 9.17) is 0 Å². The number of hydrogen-bond donors (Lipinski definition) is 0. The summed E-state index contributed by atoms with van der Waals surface area (Å²) in [5.74, 6) is -1.82. The largest absolute Gasteiger partial charge is 0.342 e. The average molecular weight is 386 g/mol. The van der Waals surface area contributed by atoms with Crippen molar-refractivity contribution in [3.05, 3.63) is 29.8 Å². The SMILES string of the molecule is CC1CCCN(C(=O)C2CCN(S(=O)(=O)c3ccc(F)c(F)c3)CC2)C1. The molecule has 26 heavy (non-hydrogen) atoms. The topological polar surface area (TPSA) is 57.7 Å². The number of hydrogen-bond acceptors (Lipinski definition) is 3. The standard InChI is InChI=1S/C18H24F2N2O3S/c1-13-3-2-8-21(12-13)18(23)14-6-9-22(10-7-14)26(24,25)15-4-5-16(19)17(20)11-15/h4-5,11,13-14H,2-3,6-10,12H2,1H3. The molecule has 1 atom stereocenters. The third-order valence-electron chi connectivity index (χ3n) is 5.30. The Morgan fingerprint density at radius 1 is 1.08 bits per heavy atom. The molecule has 1 amide bonds. The molecule has 1 aromatic rings. The summed E-state index contributed by atoms with van der Waals surface area (Å²) in [4.78, 5) is 14.3. The molecular formula is C18H24F2N2O3S. The number of amides is 1. The molecule has 1 unspecified atom stereocenters. The lowest BCUT2D eigenvalue weighted by molar-refractivity contribution is -0.138. The second-order valence-electron chi connectivity index (χ2n) is 7.29. The Labute approximate surface area is 153 Å². The molecule has 5 nitrogen and oxygen atoms in total. The van der Waals surface area contributed by atoms with E-state index in [9.17, 15) is 22.0 Å². The maximum absolute atomic E-state index is 13.4. The van der Waals surface area contributed by atoms with Crippen molar-refractivity contribution >= 4 is 15.9 Å². The molecule has 2 fully saturated rings. The van der Waals surface area contributed by atoms with Crippen molar-refractivity contribution in [1.29, 1.82) is 0 Å². The van der Waals surface area contributed by atoms with Gasteiger partial charge < -0.3 is 4.90 Å². The Balaban J connectivity index is 1.64. The van der Waals surface area contributed by atoms with Gasteiger partial charge in [-0.3, -0.25) is 4.79 Å². The van der Waals surface area contributed by atoms with Crippen LogP contribution in [0.3, 0.4) is 0 Å². The predicted molar refractivity (Wildman–Crippen MR) is 92.8 cm³/mol. The molecule has 2 aliphatic heterocycles. The molecular weight excluding hydrogens is 362 g/mol. The van der Waals surface area contributed by atoms with E-state index < -0.39 is 21.7 Å². The first kappa shape index (κ1) is 19.2. The van der Waals surface area contributed by atoms with Crippen LogP contribution >= 0.6 is 0 Å². The number of carbonyl (C=O) groups excluding carboxylic acids is 1. The average Bonchev–Trinajstić information content (AvgIpc) is 2.63. The van der Waals surface area contributed by atoms with Crippen LogP contribution in [0.5, 0.6) is 0 Å². The first-order chi connectivity index (χ1) is 12.3. The molecule has 0 radical (unpaired) electrons. The summed E-state index contributed by atoms with van der Waals surface area (Å²) in [5, 5.41) is 0. The van der Waals surface area contributed by atoms with E-state index in [1.54, 1.807) is 0 Å². The number of carbonyl (C=O) groups is 1. The van der Waals surface area contributed by atoms with Gasteiger partial charge in [0.1, 0.15) is 0 Å². The van der Waals surface area contributed by atoms with Gasteiger partial charge in [-0.2, -0.15) is 4.31 Å². The first-order valence-corrected chi connectivity index (χ1v) is 10.5. The minimum Gasteiger partial charge on any atom is -0.342 e. The lowest BCUT2D eigenvalue weighted by Gasteiger charge is -2.36. The lowest BCUT2D eigenvalue weighted by atomic mass is 9.93. The highest BCUT2D eigenvalue weighted by Gasteiger charge is 2.34. The van der Waals surface area contributed by atoms with Gasteiger partial charge in [0.25, 0.3) is 0 Å². The summed E-state index contributed by atoms with van der Waals surface area (Å²) in [5.41, 5.74) is 0. The van der Waals surface area contributed by atoms with Crippen LogP contribution in [0.4, 0.5) is 8.78 Å². The molecule has 1 aromatic carbocycles. The second kappa shape index (κ2) is 7.60. The minimum absolute atomic E-state index is 0.112. The van der Waals surface area contributed by atoms with Crippen molar-refractivity contribution in [3.8, 4) is 0 Å². The minimum atomic E-state index is -3.88. The lowest BCUT2D eigenvalue weighted by Crippen LogP contribution is -2.46. The van der Waals surface area contributed by atoms with E-state index in [0.29, 0.717) is 24.8 Å². The Hall–Kier alpha value is -1.54. The fourth-order valence-corrected chi connectivity index (χ4v) is 5.26. The molecule has 0 bridgehead atoms. The zero-order chi connectivity index (χ0) is 18.9. The van der Waals surface area contributed by atoms with Crippen molar-refractivity contribution in [2.24, 2.45) is 11.8 Å². The Bertz CT molecular complexity index is 777. The molecule has 0 aromatic heterocycles. The summed E-state index contributed by atoms with van der Waals surface area (Å²) in [7, 11) is -3.88. The maximum atomic E-state index is 13.4. The third kappa shape index (κ3) is 3.91. The fourth-order valence-electron chi connectivity index (χ4n) is 3.78. The van der Waals surface area contributed by atoms with E-state index in [1.807, 2.05) is 4.90 Å². The van der Waals surface area contributed by atoms with Gasteiger partial charge in [-0.1, -0.05) is 6.92 Å². The highest BCUT2D eigenvalue weighted by molar-refractivity contribution is 7.89. The Morgan fingerprint density at radius 2 is 1.77 bits per heavy atom. The van der Waals surface area contributed by atoms with E-state index in [0.717, 1.165) is 38.1 Å². The Morgan fingerprint density at radius 3 is 2.38 bits per heavy atom. The van der Waals surface area contributed by atoms with Gasteiger partial charge in [0.2, 0.25) is 15.9 Å². The molecule has 8 heteroatoms. The number of benzene rings is 1. The Kier molecular flexibility index (Phi) is 5.62. The van der Waals surface area contributed by atoms with Crippen molar-refractivity contribution in [3.63, 3.8) is 0 Å². The summed E-state index contributed by atoms with van der Waals surface area (Å²) >= 11 is 0. The summed E-state index contributed by atoms with van der Waals surface area (Å²) in [6.07, 6.45) is 3.05. The number of halogens is 2. The highest BCUT2D eigenvalue weighted by atomic mass is 32.2. The van der Waals surface area contributed by atoms with Crippen molar-refractivity contribution in [2.75, 3.05) is 26.2 Å². The van der Waals surface area contributed by atoms with Crippen molar-refractivity contribution < 1.29 is 22.0 Å². The van der Waals surface area contributed by atoms with Gasteiger partial charge in [0, 0.05) is 32.1 Å². The predicted octanol–water partition coefficient (Wildman–Crippen LogP) is 2.62. The van der Waals surface area contributed by atoms with Crippen molar-refractivity contribution in [2.45, 2.75) is 37.5 Å². The van der Waals surface area contributed by atoms with Crippen LogP contribution in [-0.2, 0) is 14.8 Å². The summed E-state index contributed by atoms with van der Waals surface area (Å²) < 4.78 is 52.9. The molecule has 3 rings (SSSR count). The normalized spacial score (nSPS) is 23.2. The van der Waals surface area contributed by atoms with Crippen molar-refractivity contribution in [1.82, 2.24) is 9.21 Å². The fraction of sp³-hybridized carbons (Fsp3) is 0.611. The number of likely N-dealkylation sites (tertiary alicyclic amines) is 1. The monoisotopic (exact) mass is 386 g/mol. The van der Waals surface area contributed by atoms with E-state index in [1.165, 1.54) is 4.31 Å². The number of piperidine rings is 2. The van der Waals surface area contributed by atoms with Gasteiger partial charge in [-0.05, 0) is 49.8 Å². The van der Waals surface area contributed by atoms with Gasteiger partial charge in [0.15, 0.2) is 11.6 Å². The quantitative estimate of drug-likeness (QED) is 0.802. The number of rotatable bonds is 3. The molecule has 0 spiro atoms. The van der Waals surface area contributed by atoms with Gasteiger partial charge >= 0.3 is 0 Å². The highest BCUT2D eigenvalue weighted by Crippen LogP contribution is 2.27. The number of sulfonamides is 1. The zero-order valence-electron chi connectivity index (χ0n) is 14.8. The molecule has 2 heterocycles. The van der Waals surface area contributed by atoms with Crippen LogP contribution in [-0.4, -0.2) is 49.7 Å². The molecule has 144 valence electrons. The van der Waals surface area contributed by atoms with Gasteiger partial charge in [0.05, 0.1) is 4.90 Å². The first-order valence-electron chi connectivity index (χ1n) is 9.03. The van der Waals surface area contributed by atoms with E-state index in [-0.39, 0.29) is 29.8 Å².